The average molecular weight is 791 g/mol. The van der Waals surface area contributed by atoms with Crippen LogP contribution in [0.5, 0.6) is 0 Å². The Labute approximate surface area is 329 Å². The third-order valence-corrected chi connectivity index (χ3v) is 11.7. The summed E-state index contributed by atoms with van der Waals surface area (Å²) in [5.41, 5.74) is 3.67. The molecule has 4 N–H and O–H groups in total. The SMILES string of the molecule is CC(Cc1cccc(-c2ccc3c(c2)CC(NC(=O)Cc2csc(-c4ccccc4)n2)(C(=O)O)C3)c1)(NC(=O)Cc1csc(-c2cccc(Cl)c2)n1)C(=O)O. The van der Waals surface area contributed by atoms with Crippen molar-refractivity contribution in [3.63, 3.8) is 0 Å². The van der Waals surface area contributed by atoms with Gasteiger partial charge in [-0.25, -0.2) is 19.6 Å². The van der Waals surface area contributed by atoms with Crippen LogP contribution in [-0.4, -0.2) is 55.0 Å². The Bertz CT molecular complexity index is 2430. The number of hydrogen-bond acceptors (Lipinski definition) is 8. The van der Waals surface area contributed by atoms with Gasteiger partial charge in [-0.15, -0.1) is 22.7 Å². The van der Waals surface area contributed by atoms with Crippen molar-refractivity contribution in [1.29, 1.82) is 0 Å². The van der Waals surface area contributed by atoms with Crippen molar-refractivity contribution in [3.8, 4) is 32.3 Å². The number of benzene rings is 4. The van der Waals surface area contributed by atoms with E-state index in [4.69, 9.17) is 11.6 Å². The van der Waals surface area contributed by atoms with Crippen LogP contribution in [-0.2, 0) is 51.3 Å². The van der Waals surface area contributed by atoms with Gasteiger partial charge in [-0.1, -0.05) is 96.5 Å². The number of aliphatic carboxylic acids is 2. The summed E-state index contributed by atoms with van der Waals surface area (Å²) in [6.45, 7) is 1.48. The van der Waals surface area contributed by atoms with Crippen molar-refractivity contribution < 1.29 is 29.4 Å². The fraction of sp³-hybridized carbons (Fsp3) is 0.190. The Morgan fingerprint density at radius 2 is 1.35 bits per heavy atom. The van der Waals surface area contributed by atoms with Gasteiger partial charge in [-0.3, -0.25) is 9.59 Å². The van der Waals surface area contributed by atoms with E-state index in [9.17, 15) is 29.4 Å². The molecular weight excluding hydrogens is 756 g/mol. The number of rotatable bonds is 13. The van der Waals surface area contributed by atoms with Crippen molar-refractivity contribution >= 4 is 58.0 Å². The van der Waals surface area contributed by atoms with Crippen LogP contribution in [0.4, 0.5) is 0 Å². The molecule has 2 aromatic heterocycles. The molecule has 55 heavy (non-hydrogen) atoms. The molecule has 0 aliphatic heterocycles. The van der Waals surface area contributed by atoms with E-state index in [0.717, 1.165) is 38.4 Å². The monoisotopic (exact) mass is 790 g/mol. The Morgan fingerprint density at radius 3 is 2.04 bits per heavy atom. The molecule has 7 rings (SSSR count). The Balaban J connectivity index is 1.01. The maximum absolute atomic E-state index is 13.2. The number of nitrogens with zero attached hydrogens (tertiary/aromatic N) is 2. The summed E-state index contributed by atoms with van der Waals surface area (Å²) in [5.74, 6) is -3.19. The van der Waals surface area contributed by atoms with Crippen molar-refractivity contribution in [2.75, 3.05) is 0 Å². The molecule has 0 radical (unpaired) electrons. The Kier molecular flexibility index (Phi) is 10.7. The van der Waals surface area contributed by atoms with Gasteiger partial charge in [0, 0.05) is 46.2 Å². The van der Waals surface area contributed by atoms with Gasteiger partial charge in [0.25, 0.3) is 0 Å². The predicted molar refractivity (Wildman–Crippen MR) is 213 cm³/mol. The zero-order valence-electron chi connectivity index (χ0n) is 29.5. The number of amides is 2. The van der Waals surface area contributed by atoms with E-state index in [1.807, 2.05) is 84.2 Å². The van der Waals surface area contributed by atoms with Crippen LogP contribution in [0.1, 0.15) is 35.0 Å². The van der Waals surface area contributed by atoms with E-state index >= 15 is 0 Å². The highest BCUT2D eigenvalue weighted by Gasteiger charge is 2.45. The van der Waals surface area contributed by atoms with E-state index in [1.165, 1.54) is 29.6 Å². The van der Waals surface area contributed by atoms with Gasteiger partial charge in [0.15, 0.2) is 0 Å². The second-order valence-corrected chi connectivity index (χ2v) is 16.0. The van der Waals surface area contributed by atoms with Crippen LogP contribution in [0.25, 0.3) is 32.3 Å². The molecule has 1 aliphatic rings. The molecule has 0 bridgehead atoms. The van der Waals surface area contributed by atoms with Crippen LogP contribution in [0.3, 0.4) is 0 Å². The van der Waals surface area contributed by atoms with Crippen LogP contribution < -0.4 is 10.6 Å². The molecule has 2 amide bonds. The Morgan fingerprint density at radius 1 is 0.727 bits per heavy atom. The number of halogens is 1. The molecule has 0 spiro atoms. The normalized spacial score (nSPS) is 15.8. The van der Waals surface area contributed by atoms with Crippen LogP contribution in [0.15, 0.2) is 108 Å². The highest BCUT2D eigenvalue weighted by Crippen LogP contribution is 2.35. The number of carboxylic acids is 2. The number of hydrogen-bond donors (Lipinski definition) is 4. The first kappa shape index (κ1) is 37.6. The fourth-order valence-corrected chi connectivity index (χ4v) is 8.66. The molecule has 13 heteroatoms. The molecule has 2 heterocycles. The second-order valence-electron chi connectivity index (χ2n) is 13.9. The molecule has 278 valence electrons. The van der Waals surface area contributed by atoms with Gasteiger partial charge >= 0.3 is 11.9 Å². The van der Waals surface area contributed by atoms with Crippen molar-refractivity contribution in [1.82, 2.24) is 20.6 Å². The molecule has 4 aromatic carbocycles. The molecule has 2 atom stereocenters. The minimum absolute atomic E-state index is 0.0116. The average Bonchev–Trinajstić information content (AvgIpc) is 3.91. The number of thiazole rings is 2. The number of carbonyl (C=O) groups excluding carboxylic acids is 2. The van der Waals surface area contributed by atoms with Gasteiger partial charge in [0.1, 0.15) is 21.1 Å². The lowest BCUT2D eigenvalue weighted by Gasteiger charge is -2.26. The van der Waals surface area contributed by atoms with E-state index in [2.05, 4.69) is 20.6 Å². The van der Waals surface area contributed by atoms with Crippen molar-refractivity contribution in [3.05, 3.63) is 141 Å². The van der Waals surface area contributed by atoms with Crippen LogP contribution in [0.2, 0.25) is 5.02 Å². The van der Waals surface area contributed by atoms with E-state index in [0.29, 0.717) is 27.0 Å². The quantitative estimate of drug-likeness (QED) is 0.0951. The highest BCUT2D eigenvalue weighted by atomic mass is 35.5. The molecule has 10 nitrogen and oxygen atoms in total. The molecular formula is C42H35ClN4O6S2. The summed E-state index contributed by atoms with van der Waals surface area (Å²) in [5, 5.41) is 31.8. The van der Waals surface area contributed by atoms with Gasteiger partial charge in [-0.05, 0) is 46.9 Å². The second kappa shape index (κ2) is 15.6. The fourth-order valence-electron chi connectivity index (χ4n) is 6.83. The van der Waals surface area contributed by atoms with Crippen LogP contribution >= 0.6 is 34.3 Å². The van der Waals surface area contributed by atoms with E-state index in [-0.39, 0.29) is 32.1 Å². The first-order valence-electron chi connectivity index (χ1n) is 17.4. The summed E-state index contributed by atoms with van der Waals surface area (Å²) in [7, 11) is 0. The van der Waals surface area contributed by atoms with E-state index < -0.39 is 34.8 Å². The minimum Gasteiger partial charge on any atom is -0.480 e. The van der Waals surface area contributed by atoms with Gasteiger partial charge in [-0.2, -0.15) is 0 Å². The third-order valence-electron chi connectivity index (χ3n) is 9.56. The van der Waals surface area contributed by atoms with Crippen molar-refractivity contribution in [2.24, 2.45) is 0 Å². The summed E-state index contributed by atoms with van der Waals surface area (Å²) >= 11 is 8.92. The lowest BCUT2D eigenvalue weighted by atomic mass is 9.90. The smallest absolute Gasteiger partial charge is 0.330 e. The number of fused-ring (bicyclic) bond motifs is 1. The molecule has 6 aromatic rings. The summed E-state index contributed by atoms with van der Waals surface area (Å²) < 4.78 is 0. The van der Waals surface area contributed by atoms with Crippen molar-refractivity contribution in [2.45, 2.75) is 50.1 Å². The Hall–Kier alpha value is -5.69. The van der Waals surface area contributed by atoms with Gasteiger partial charge < -0.3 is 20.8 Å². The first-order chi connectivity index (χ1) is 26.4. The lowest BCUT2D eigenvalue weighted by Crippen LogP contribution is -2.55. The zero-order valence-corrected chi connectivity index (χ0v) is 31.9. The van der Waals surface area contributed by atoms with Gasteiger partial charge in [0.05, 0.1) is 24.2 Å². The molecule has 0 saturated carbocycles. The third kappa shape index (κ3) is 8.51. The van der Waals surface area contributed by atoms with Crippen LogP contribution in [0, 0.1) is 0 Å². The summed E-state index contributed by atoms with van der Waals surface area (Å²) in [6.07, 6.45) is 0.116. The number of nitrogens with one attached hydrogen (secondary N) is 2. The maximum atomic E-state index is 13.2. The maximum Gasteiger partial charge on any atom is 0.330 e. The number of aromatic nitrogens is 2. The lowest BCUT2D eigenvalue weighted by molar-refractivity contribution is -0.147. The largest absolute Gasteiger partial charge is 0.480 e. The highest BCUT2D eigenvalue weighted by molar-refractivity contribution is 7.13. The molecule has 1 aliphatic carbocycles. The number of carboxylic acid groups (broad SMARTS) is 2. The number of carbonyl (C=O) groups is 4. The zero-order chi connectivity index (χ0) is 38.7. The topological polar surface area (TPSA) is 159 Å². The van der Waals surface area contributed by atoms with Gasteiger partial charge in [0.2, 0.25) is 11.8 Å². The molecule has 0 fully saturated rings. The molecule has 0 saturated heterocycles. The first-order valence-corrected chi connectivity index (χ1v) is 19.5. The predicted octanol–water partition coefficient (Wildman–Crippen LogP) is 7.28. The van der Waals surface area contributed by atoms with E-state index in [1.54, 1.807) is 23.6 Å². The summed E-state index contributed by atoms with van der Waals surface area (Å²) in [6, 6.07) is 30.0. The standard InChI is InChI=1S/C42H35ClN4O6S2/c1-41(39(50)51,46-35(48)18-33-24-55-38(45-33)29-11-6-12-32(43)17-29)20-25-7-5-10-27(15-25)28-13-14-30-21-42(40(52)53,22-31(30)16-28)47-36(49)19-34-23-54-37(44-34)26-8-3-2-4-9-26/h2-17,23-24H,18-22H2,1H3,(H,46,48)(H,47,49)(H,50,51)(H,52,53). The molecule has 2 unspecified atom stereocenters. The summed E-state index contributed by atoms with van der Waals surface area (Å²) in [4.78, 5) is 60.7. The minimum atomic E-state index is -1.61.